The maximum absolute atomic E-state index is 5.75. The molecule has 1 fully saturated rings. The van der Waals surface area contributed by atoms with E-state index < -0.39 is 0 Å². The van der Waals surface area contributed by atoms with Crippen LogP contribution >= 0.6 is 0 Å². The largest absolute Gasteiger partial charge is 0.464 e. The minimum atomic E-state index is 0.436. The summed E-state index contributed by atoms with van der Waals surface area (Å²) in [6, 6.07) is 8.83. The molecule has 2 nitrogen and oxygen atoms in total. The second kappa shape index (κ2) is 6.01. The van der Waals surface area contributed by atoms with Crippen molar-refractivity contribution in [2.24, 2.45) is 11.8 Å². The third kappa shape index (κ3) is 2.62. The molecule has 1 saturated carbocycles. The monoisotopic (exact) mass is 271 g/mol. The summed E-state index contributed by atoms with van der Waals surface area (Å²) in [5, 5.41) is 4.98. The van der Waals surface area contributed by atoms with E-state index in [1.807, 2.05) is 12.3 Å². The second-order valence-electron chi connectivity index (χ2n) is 6.25. The van der Waals surface area contributed by atoms with Gasteiger partial charge in [0, 0.05) is 17.0 Å². The zero-order valence-corrected chi connectivity index (χ0v) is 12.6. The maximum Gasteiger partial charge on any atom is 0.134 e. The molecule has 1 aliphatic carbocycles. The van der Waals surface area contributed by atoms with E-state index in [1.54, 1.807) is 0 Å². The van der Waals surface area contributed by atoms with Crippen LogP contribution in [0.5, 0.6) is 0 Å². The van der Waals surface area contributed by atoms with Gasteiger partial charge in [-0.15, -0.1) is 0 Å². The summed E-state index contributed by atoms with van der Waals surface area (Å²) >= 11 is 0. The van der Waals surface area contributed by atoms with Gasteiger partial charge in [0.25, 0.3) is 0 Å². The van der Waals surface area contributed by atoms with E-state index in [4.69, 9.17) is 4.42 Å². The molecule has 108 valence electrons. The van der Waals surface area contributed by atoms with Crippen molar-refractivity contribution in [2.75, 3.05) is 6.54 Å². The SMILES string of the molecule is CCNC(c1coc2ccccc12)C1CCCC(C)C1. The first kappa shape index (κ1) is 13.7. The Kier molecular flexibility index (Phi) is 4.11. The van der Waals surface area contributed by atoms with Crippen molar-refractivity contribution in [3.63, 3.8) is 0 Å². The first-order valence-electron chi connectivity index (χ1n) is 7.99. The van der Waals surface area contributed by atoms with E-state index in [9.17, 15) is 0 Å². The fourth-order valence-corrected chi connectivity index (χ4v) is 3.77. The second-order valence-corrected chi connectivity index (χ2v) is 6.25. The molecular weight excluding hydrogens is 246 g/mol. The molecule has 0 bridgehead atoms. The van der Waals surface area contributed by atoms with Crippen LogP contribution < -0.4 is 5.32 Å². The Balaban J connectivity index is 1.93. The Bertz CT molecular complexity index is 559. The van der Waals surface area contributed by atoms with Gasteiger partial charge in [-0.3, -0.25) is 0 Å². The predicted octanol–water partition coefficient (Wildman–Crippen LogP) is 4.91. The number of nitrogens with one attached hydrogen (secondary N) is 1. The molecule has 1 N–H and O–H groups in total. The maximum atomic E-state index is 5.75. The number of para-hydroxylation sites is 1. The molecule has 2 heteroatoms. The standard InChI is InChI=1S/C18H25NO/c1-3-19-18(14-8-6-7-13(2)11-14)16-12-20-17-10-5-4-9-15(16)17/h4-5,9-10,12-14,18-19H,3,6-8,11H2,1-2H3. The Morgan fingerprint density at radius 1 is 1.30 bits per heavy atom. The molecule has 0 spiro atoms. The van der Waals surface area contributed by atoms with Crippen molar-refractivity contribution >= 4 is 11.0 Å². The smallest absolute Gasteiger partial charge is 0.134 e. The van der Waals surface area contributed by atoms with Gasteiger partial charge in [-0.1, -0.05) is 44.9 Å². The number of hydrogen-bond donors (Lipinski definition) is 1. The number of rotatable bonds is 4. The molecule has 0 aliphatic heterocycles. The number of furan rings is 1. The molecule has 0 radical (unpaired) electrons. The molecule has 1 aromatic heterocycles. The molecular formula is C18H25NO. The van der Waals surface area contributed by atoms with Crippen molar-refractivity contribution in [3.05, 3.63) is 36.1 Å². The summed E-state index contributed by atoms with van der Waals surface area (Å²) in [4.78, 5) is 0. The minimum absolute atomic E-state index is 0.436. The van der Waals surface area contributed by atoms with Gasteiger partial charge in [-0.25, -0.2) is 0 Å². The van der Waals surface area contributed by atoms with Gasteiger partial charge in [0.15, 0.2) is 0 Å². The van der Waals surface area contributed by atoms with Crippen molar-refractivity contribution < 1.29 is 4.42 Å². The summed E-state index contributed by atoms with van der Waals surface area (Å²) in [5.74, 6) is 1.59. The summed E-state index contributed by atoms with van der Waals surface area (Å²) in [6.07, 6.45) is 7.39. The highest BCUT2D eigenvalue weighted by Gasteiger charge is 2.29. The van der Waals surface area contributed by atoms with Gasteiger partial charge < -0.3 is 9.73 Å². The molecule has 1 aliphatic rings. The number of benzene rings is 1. The fraction of sp³-hybridized carbons (Fsp3) is 0.556. The van der Waals surface area contributed by atoms with Crippen molar-refractivity contribution in [1.82, 2.24) is 5.32 Å². The lowest BCUT2D eigenvalue weighted by Crippen LogP contribution is -2.31. The zero-order valence-electron chi connectivity index (χ0n) is 12.6. The molecule has 0 amide bonds. The van der Waals surface area contributed by atoms with Crippen LogP contribution in [0.1, 0.15) is 51.1 Å². The van der Waals surface area contributed by atoms with Crippen LogP contribution in [-0.4, -0.2) is 6.54 Å². The molecule has 2 aromatic rings. The van der Waals surface area contributed by atoms with E-state index in [-0.39, 0.29) is 0 Å². The highest BCUT2D eigenvalue weighted by molar-refractivity contribution is 5.81. The Morgan fingerprint density at radius 2 is 2.15 bits per heavy atom. The molecule has 1 heterocycles. The molecule has 3 rings (SSSR count). The van der Waals surface area contributed by atoms with Gasteiger partial charge in [-0.05, 0) is 37.3 Å². The van der Waals surface area contributed by atoms with E-state index in [0.29, 0.717) is 6.04 Å². The zero-order chi connectivity index (χ0) is 13.9. The van der Waals surface area contributed by atoms with Gasteiger partial charge in [0.2, 0.25) is 0 Å². The van der Waals surface area contributed by atoms with E-state index in [2.05, 4.69) is 37.4 Å². The van der Waals surface area contributed by atoms with Crippen LogP contribution in [0.15, 0.2) is 34.9 Å². The Labute approximate surface area is 121 Å². The lowest BCUT2D eigenvalue weighted by atomic mass is 9.76. The number of hydrogen-bond acceptors (Lipinski definition) is 2. The van der Waals surface area contributed by atoms with Crippen molar-refractivity contribution in [3.8, 4) is 0 Å². The molecule has 0 saturated heterocycles. The van der Waals surface area contributed by atoms with Gasteiger partial charge in [0.05, 0.1) is 6.26 Å². The summed E-state index contributed by atoms with van der Waals surface area (Å²) in [6.45, 7) is 5.60. The van der Waals surface area contributed by atoms with E-state index >= 15 is 0 Å². The average molecular weight is 271 g/mol. The average Bonchev–Trinajstić information content (AvgIpc) is 2.88. The summed E-state index contributed by atoms with van der Waals surface area (Å²) < 4.78 is 5.75. The van der Waals surface area contributed by atoms with Crippen LogP contribution in [0.4, 0.5) is 0 Å². The lowest BCUT2D eigenvalue weighted by Gasteiger charge is -2.33. The van der Waals surface area contributed by atoms with Gasteiger partial charge in [0.1, 0.15) is 5.58 Å². The van der Waals surface area contributed by atoms with Gasteiger partial charge >= 0.3 is 0 Å². The third-order valence-electron chi connectivity index (χ3n) is 4.72. The van der Waals surface area contributed by atoms with Crippen LogP contribution in [-0.2, 0) is 0 Å². The third-order valence-corrected chi connectivity index (χ3v) is 4.72. The Hall–Kier alpha value is -1.28. The van der Waals surface area contributed by atoms with Crippen molar-refractivity contribution in [2.45, 2.75) is 45.6 Å². The van der Waals surface area contributed by atoms with Gasteiger partial charge in [-0.2, -0.15) is 0 Å². The highest BCUT2D eigenvalue weighted by Crippen LogP contribution is 2.39. The number of fused-ring (bicyclic) bond motifs is 1. The van der Waals surface area contributed by atoms with Crippen LogP contribution in [0.3, 0.4) is 0 Å². The first-order chi connectivity index (χ1) is 9.79. The molecule has 3 unspecified atom stereocenters. The first-order valence-corrected chi connectivity index (χ1v) is 7.99. The highest BCUT2D eigenvalue weighted by atomic mass is 16.3. The van der Waals surface area contributed by atoms with Crippen LogP contribution in [0.2, 0.25) is 0 Å². The minimum Gasteiger partial charge on any atom is -0.464 e. The summed E-state index contributed by atoms with van der Waals surface area (Å²) in [5.41, 5.74) is 2.36. The summed E-state index contributed by atoms with van der Waals surface area (Å²) in [7, 11) is 0. The topological polar surface area (TPSA) is 25.2 Å². The van der Waals surface area contributed by atoms with Crippen molar-refractivity contribution in [1.29, 1.82) is 0 Å². The predicted molar refractivity (Wildman–Crippen MR) is 83.8 cm³/mol. The quantitative estimate of drug-likeness (QED) is 0.854. The lowest BCUT2D eigenvalue weighted by molar-refractivity contribution is 0.225. The van der Waals surface area contributed by atoms with Crippen LogP contribution in [0.25, 0.3) is 11.0 Å². The fourth-order valence-electron chi connectivity index (χ4n) is 3.77. The van der Waals surface area contributed by atoms with E-state index in [1.165, 1.54) is 36.6 Å². The molecule has 20 heavy (non-hydrogen) atoms. The Morgan fingerprint density at radius 3 is 2.95 bits per heavy atom. The van der Waals surface area contributed by atoms with E-state index in [0.717, 1.165) is 24.0 Å². The van der Waals surface area contributed by atoms with Crippen LogP contribution in [0, 0.1) is 11.8 Å². The molecule has 3 atom stereocenters. The normalized spacial score (nSPS) is 24.9. The molecule has 1 aromatic carbocycles.